The zero-order valence-corrected chi connectivity index (χ0v) is 11.8. The second-order valence-electron chi connectivity index (χ2n) is 5.58. The summed E-state index contributed by atoms with van der Waals surface area (Å²) in [5.74, 6) is 0.556. The third-order valence-electron chi connectivity index (χ3n) is 4.24. The lowest BCUT2D eigenvalue weighted by molar-refractivity contribution is -0.195. The van der Waals surface area contributed by atoms with E-state index in [0.717, 1.165) is 33.1 Å². The van der Waals surface area contributed by atoms with Gasteiger partial charge in [-0.1, -0.05) is 31.1 Å². The largest absolute Gasteiger partial charge is 0.343 e. The van der Waals surface area contributed by atoms with Crippen molar-refractivity contribution in [1.29, 1.82) is 0 Å². The summed E-state index contributed by atoms with van der Waals surface area (Å²) in [5, 5.41) is 8.01. The molecule has 2 aliphatic heterocycles. The van der Waals surface area contributed by atoms with Gasteiger partial charge in [-0.2, -0.15) is 0 Å². The molecule has 3 aliphatic rings. The van der Waals surface area contributed by atoms with Crippen molar-refractivity contribution in [2.75, 3.05) is 26.7 Å². The molecule has 0 bridgehead atoms. The minimum absolute atomic E-state index is 0.556. The van der Waals surface area contributed by atoms with Crippen molar-refractivity contribution in [3.63, 3.8) is 0 Å². The average molecular weight is 260 g/mol. The molecule has 0 spiro atoms. The fourth-order valence-electron chi connectivity index (χ4n) is 2.88. The van der Waals surface area contributed by atoms with Crippen LogP contribution in [-0.4, -0.2) is 41.6 Å². The van der Waals surface area contributed by atoms with Gasteiger partial charge in [0.1, 0.15) is 0 Å². The van der Waals surface area contributed by atoms with Crippen molar-refractivity contribution < 1.29 is 0 Å². The summed E-state index contributed by atoms with van der Waals surface area (Å²) in [6, 6.07) is 0. The van der Waals surface area contributed by atoms with Gasteiger partial charge in [-0.25, -0.2) is 10.0 Å². The Bertz CT molecular complexity index is 402. The first kappa shape index (κ1) is 12.9. The Morgan fingerprint density at radius 3 is 2.74 bits per heavy atom. The third kappa shape index (κ3) is 2.48. The first-order valence-electron chi connectivity index (χ1n) is 7.30. The van der Waals surface area contributed by atoms with Gasteiger partial charge in [0.05, 0.1) is 26.7 Å². The van der Waals surface area contributed by atoms with Gasteiger partial charge in [0.15, 0.2) is 0 Å². The molecule has 4 heteroatoms. The van der Waals surface area contributed by atoms with Crippen molar-refractivity contribution in [2.45, 2.75) is 26.2 Å². The van der Waals surface area contributed by atoms with Crippen molar-refractivity contribution in [3.8, 4) is 0 Å². The quantitative estimate of drug-likeness (QED) is 0.764. The maximum atomic E-state index is 3.97. The fourth-order valence-corrected chi connectivity index (χ4v) is 2.88. The van der Waals surface area contributed by atoms with Gasteiger partial charge in [-0.05, 0) is 18.9 Å². The molecule has 19 heavy (non-hydrogen) atoms. The van der Waals surface area contributed by atoms with Gasteiger partial charge >= 0.3 is 0 Å². The minimum Gasteiger partial charge on any atom is -0.343 e. The van der Waals surface area contributed by atoms with Gasteiger partial charge in [0.25, 0.3) is 0 Å². The maximum Gasteiger partial charge on any atom is 0.0875 e. The zero-order valence-electron chi connectivity index (χ0n) is 11.8. The molecule has 1 atom stereocenters. The van der Waals surface area contributed by atoms with Crippen LogP contribution in [0.4, 0.5) is 0 Å². The van der Waals surface area contributed by atoms with Crippen molar-refractivity contribution in [2.24, 2.45) is 5.92 Å². The Hall–Kier alpha value is -1.10. The molecule has 0 saturated carbocycles. The zero-order chi connectivity index (χ0) is 13.2. The van der Waals surface area contributed by atoms with E-state index in [-0.39, 0.29) is 0 Å². The van der Waals surface area contributed by atoms with E-state index in [9.17, 15) is 0 Å². The Kier molecular flexibility index (Phi) is 3.73. The standard InChI is InChI=1S/C15H24N4/c1-3-5-14-8-15(7-6-13(14)4-2)17-11-19(12-17)18-9-16-10-18/h4,7-8,13,16H,2-3,5-6,9-12H2,1H3. The lowest BCUT2D eigenvalue weighted by atomic mass is 9.87. The smallest absolute Gasteiger partial charge is 0.0875 e. The Labute approximate surface area is 116 Å². The predicted octanol–water partition coefficient (Wildman–Crippen LogP) is 2.07. The molecule has 1 aliphatic carbocycles. The molecular weight excluding hydrogens is 236 g/mol. The molecule has 1 unspecified atom stereocenters. The maximum absolute atomic E-state index is 3.97. The number of nitrogens with one attached hydrogen (secondary N) is 1. The third-order valence-corrected chi connectivity index (χ3v) is 4.24. The van der Waals surface area contributed by atoms with Crippen LogP contribution in [0.25, 0.3) is 0 Å². The SMILES string of the molecule is C=CC1CC=C(N2CN(N3CNC3)C2)C=C1CCC. The van der Waals surface area contributed by atoms with Crippen LogP contribution in [0.3, 0.4) is 0 Å². The molecule has 2 fully saturated rings. The van der Waals surface area contributed by atoms with Gasteiger partial charge in [-0.3, -0.25) is 5.32 Å². The number of hydrogen-bond donors (Lipinski definition) is 1. The van der Waals surface area contributed by atoms with Gasteiger partial charge < -0.3 is 4.90 Å². The van der Waals surface area contributed by atoms with Crippen LogP contribution in [0.2, 0.25) is 0 Å². The van der Waals surface area contributed by atoms with E-state index in [4.69, 9.17) is 0 Å². The van der Waals surface area contributed by atoms with Crippen molar-refractivity contribution in [1.82, 2.24) is 20.2 Å². The van der Waals surface area contributed by atoms with Gasteiger partial charge in [-0.15, -0.1) is 6.58 Å². The summed E-state index contributed by atoms with van der Waals surface area (Å²) in [7, 11) is 0. The van der Waals surface area contributed by atoms with Crippen LogP contribution < -0.4 is 5.32 Å². The van der Waals surface area contributed by atoms with E-state index in [1.54, 1.807) is 5.57 Å². The van der Waals surface area contributed by atoms with Crippen LogP contribution in [0, 0.1) is 5.92 Å². The van der Waals surface area contributed by atoms with Crippen LogP contribution in [0.1, 0.15) is 26.2 Å². The molecule has 0 aromatic carbocycles. The molecule has 2 heterocycles. The van der Waals surface area contributed by atoms with Crippen LogP contribution >= 0.6 is 0 Å². The first-order valence-corrected chi connectivity index (χ1v) is 7.30. The van der Waals surface area contributed by atoms with E-state index in [1.807, 2.05) is 0 Å². The number of hydrogen-bond acceptors (Lipinski definition) is 4. The fraction of sp³-hybridized carbons (Fsp3) is 0.600. The van der Waals surface area contributed by atoms with Gasteiger partial charge in [0, 0.05) is 11.6 Å². The Morgan fingerprint density at radius 1 is 1.37 bits per heavy atom. The summed E-state index contributed by atoms with van der Waals surface area (Å²) >= 11 is 0. The molecular formula is C15H24N4. The molecule has 1 N–H and O–H groups in total. The number of hydrazine groups is 1. The van der Waals surface area contributed by atoms with E-state index in [0.29, 0.717) is 5.92 Å². The molecule has 0 amide bonds. The lowest BCUT2D eigenvalue weighted by Crippen LogP contribution is -2.69. The van der Waals surface area contributed by atoms with Crippen LogP contribution in [0.15, 0.2) is 36.1 Å². The highest BCUT2D eigenvalue weighted by molar-refractivity contribution is 5.31. The minimum atomic E-state index is 0.556. The number of nitrogens with zero attached hydrogens (tertiary/aromatic N) is 3. The summed E-state index contributed by atoms with van der Waals surface area (Å²) in [6.07, 6.45) is 10.4. The summed E-state index contributed by atoms with van der Waals surface area (Å²) in [4.78, 5) is 2.45. The van der Waals surface area contributed by atoms with Crippen molar-refractivity contribution in [3.05, 3.63) is 36.1 Å². The molecule has 3 rings (SSSR count). The Morgan fingerprint density at radius 2 is 2.16 bits per heavy atom. The molecule has 0 aromatic heterocycles. The summed E-state index contributed by atoms with van der Waals surface area (Å²) in [5.41, 5.74) is 2.96. The molecule has 2 saturated heterocycles. The normalized spacial score (nSPS) is 28.3. The Balaban J connectivity index is 1.59. The van der Waals surface area contributed by atoms with E-state index in [2.05, 4.69) is 52.0 Å². The summed E-state index contributed by atoms with van der Waals surface area (Å²) < 4.78 is 0. The second kappa shape index (κ2) is 5.49. The lowest BCUT2D eigenvalue weighted by Gasteiger charge is -2.53. The number of rotatable bonds is 5. The number of allylic oxidation sites excluding steroid dienone is 4. The molecule has 0 radical (unpaired) electrons. The van der Waals surface area contributed by atoms with E-state index < -0.39 is 0 Å². The van der Waals surface area contributed by atoms with E-state index >= 15 is 0 Å². The predicted molar refractivity (Wildman–Crippen MR) is 77.5 cm³/mol. The van der Waals surface area contributed by atoms with Crippen LogP contribution in [0.5, 0.6) is 0 Å². The summed E-state index contributed by atoms with van der Waals surface area (Å²) in [6.45, 7) is 10.3. The topological polar surface area (TPSA) is 21.8 Å². The highest BCUT2D eigenvalue weighted by atomic mass is 15.8. The average Bonchev–Trinajstić information content (AvgIpc) is 2.31. The van der Waals surface area contributed by atoms with Crippen molar-refractivity contribution >= 4 is 0 Å². The van der Waals surface area contributed by atoms with E-state index in [1.165, 1.54) is 18.5 Å². The molecule has 0 aromatic rings. The second-order valence-corrected chi connectivity index (χ2v) is 5.58. The monoisotopic (exact) mass is 260 g/mol. The van der Waals surface area contributed by atoms with Crippen LogP contribution in [-0.2, 0) is 0 Å². The highest BCUT2D eigenvalue weighted by Crippen LogP contribution is 2.31. The first-order chi connectivity index (χ1) is 9.31. The van der Waals surface area contributed by atoms with Gasteiger partial charge in [0.2, 0.25) is 0 Å². The highest BCUT2D eigenvalue weighted by Gasteiger charge is 2.33. The molecule has 104 valence electrons. The molecule has 4 nitrogen and oxygen atoms in total.